The van der Waals surface area contributed by atoms with Gasteiger partial charge in [0.05, 0.1) is 11.1 Å². The van der Waals surface area contributed by atoms with Crippen LogP contribution in [-0.4, -0.2) is 40.2 Å². The molecule has 0 unspecified atom stereocenters. The molecule has 1 atom stereocenters. The first-order valence-corrected chi connectivity index (χ1v) is 11.0. The predicted octanol–water partition coefficient (Wildman–Crippen LogP) is 3.42. The molecule has 0 aromatic carbocycles. The Morgan fingerprint density at radius 2 is 2.15 bits per heavy atom. The van der Waals surface area contributed by atoms with Gasteiger partial charge in [0.15, 0.2) is 5.16 Å². The van der Waals surface area contributed by atoms with Gasteiger partial charge in [-0.2, -0.15) is 0 Å². The van der Waals surface area contributed by atoms with E-state index in [2.05, 4.69) is 20.8 Å². The van der Waals surface area contributed by atoms with Gasteiger partial charge in [-0.25, -0.2) is 4.98 Å². The Bertz CT molecular complexity index is 883. The highest BCUT2D eigenvalue weighted by Gasteiger charge is 2.25. The molecule has 3 rings (SSSR count). The van der Waals surface area contributed by atoms with Crippen molar-refractivity contribution in [3.63, 3.8) is 0 Å². The summed E-state index contributed by atoms with van der Waals surface area (Å²) >= 11 is 3.04. The number of rotatable bonds is 5. The minimum atomic E-state index is 0.0275. The van der Waals surface area contributed by atoms with Gasteiger partial charge in [0.1, 0.15) is 4.83 Å². The van der Waals surface area contributed by atoms with Crippen molar-refractivity contribution in [3.05, 3.63) is 20.8 Å². The number of fused-ring (bicyclic) bond motifs is 3. The Labute approximate surface area is 162 Å². The number of carbonyl (C=O) groups is 1. The van der Waals surface area contributed by atoms with Gasteiger partial charge in [0.2, 0.25) is 5.91 Å². The van der Waals surface area contributed by atoms with E-state index in [0.29, 0.717) is 29.3 Å². The highest BCUT2D eigenvalue weighted by atomic mass is 32.2. The van der Waals surface area contributed by atoms with Gasteiger partial charge in [-0.15, -0.1) is 11.3 Å². The topological polar surface area (TPSA) is 55.2 Å². The molecule has 2 aromatic rings. The molecular weight excluding hydrogens is 366 g/mol. The van der Waals surface area contributed by atoms with Crippen LogP contribution in [0.15, 0.2) is 9.95 Å². The normalized spacial score (nSPS) is 16.9. The van der Waals surface area contributed by atoms with Gasteiger partial charge in [-0.3, -0.25) is 14.2 Å². The van der Waals surface area contributed by atoms with E-state index in [0.717, 1.165) is 29.5 Å². The lowest BCUT2D eigenvalue weighted by atomic mass is 9.89. The van der Waals surface area contributed by atoms with Crippen molar-refractivity contribution in [2.45, 2.75) is 51.7 Å². The van der Waals surface area contributed by atoms with Gasteiger partial charge in [-0.05, 0) is 36.7 Å². The second kappa shape index (κ2) is 7.72. The van der Waals surface area contributed by atoms with Crippen LogP contribution in [0, 0.1) is 11.8 Å². The molecule has 5 nitrogen and oxygen atoms in total. The molecule has 0 N–H and O–H groups in total. The van der Waals surface area contributed by atoms with E-state index in [1.54, 1.807) is 34.9 Å². The summed E-state index contributed by atoms with van der Waals surface area (Å²) in [5, 5.41) is 1.49. The molecule has 0 fully saturated rings. The number of amides is 1. The molecule has 0 aliphatic heterocycles. The Hall–Kier alpha value is -1.34. The number of hydrogen-bond donors (Lipinski definition) is 0. The number of thiophene rings is 1. The molecule has 1 aliphatic rings. The Balaban J connectivity index is 2.08. The summed E-state index contributed by atoms with van der Waals surface area (Å²) in [5.41, 5.74) is 1.29. The van der Waals surface area contributed by atoms with Crippen LogP contribution in [0.2, 0.25) is 0 Å². The number of hydrogen-bond acceptors (Lipinski definition) is 5. The summed E-state index contributed by atoms with van der Waals surface area (Å²) in [6.45, 7) is 7.09. The highest BCUT2D eigenvalue weighted by Crippen LogP contribution is 2.36. The standard InChI is InChI=1S/C19H27N3O2S2/c1-11(2)9-22-18(24)16-13-7-6-12(3)8-14(13)26-17(16)20-19(22)25-10-15(23)21(4)5/h11-12H,6-10H2,1-5H3/t12-/m0/s1. The van der Waals surface area contributed by atoms with Gasteiger partial charge >= 0.3 is 0 Å². The van der Waals surface area contributed by atoms with E-state index in [-0.39, 0.29) is 11.5 Å². The highest BCUT2D eigenvalue weighted by molar-refractivity contribution is 7.99. The van der Waals surface area contributed by atoms with E-state index in [9.17, 15) is 9.59 Å². The average Bonchev–Trinajstić information content (AvgIpc) is 2.92. The third kappa shape index (κ3) is 3.83. The summed E-state index contributed by atoms with van der Waals surface area (Å²) in [6.07, 6.45) is 3.15. The molecule has 2 heterocycles. The molecule has 26 heavy (non-hydrogen) atoms. The minimum Gasteiger partial charge on any atom is -0.348 e. The van der Waals surface area contributed by atoms with Crippen LogP contribution in [0.1, 0.15) is 37.6 Å². The Morgan fingerprint density at radius 1 is 1.42 bits per heavy atom. The SMILES string of the molecule is CC(C)Cn1c(SCC(=O)N(C)C)nc2sc3c(c2c1=O)CC[C@H](C)C3. The van der Waals surface area contributed by atoms with Gasteiger partial charge in [-0.1, -0.05) is 32.5 Å². The van der Waals surface area contributed by atoms with Crippen molar-refractivity contribution in [3.8, 4) is 0 Å². The molecule has 1 amide bonds. The van der Waals surface area contributed by atoms with Crippen LogP contribution in [0.3, 0.4) is 0 Å². The van der Waals surface area contributed by atoms with E-state index < -0.39 is 0 Å². The molecule has 0 spiro atoms. The van der Waals surface area contributed by atoms with Crippen LogP contribution in [0.5, 0.6) is 0 Å². The molecule has 2 aromatic heterocycles. The number of nitrogens with zero attached hydrogens (tertiary/aromatic N) is 3. The quantitative estimate of drug-likeness (QED) is 0.577. The zero-order valence-corrected chi connectivity index (χ0v) is 17.8. The van der Waals surface area contributed by atoms with Crippen molar-refractivity contribution in [2.24, 2.45) is 11.8 Å². The van der Waals surface area contributed by atoms with Crippen LogP contribution >= 0.6 is 23.1 Å². The van der Waals surface area contributed by atoms with E-state index in [1.165, 1.54) is 22.2 Å². The largest absolute Gasteiger partial charge is 0.348 e. The molecule has 0 radical (unpaired) electrons. The molecular formula is C19H27N3O2S2. The maximum absolute atomic E-state index is 13.3. The summed E-state index contributed by atoms with van der Waals surface area (Å²) < 4.78 is 1.78. The maximum Gasteiger partial charge on any atom is 0.263 e. The lowest BCUT2D eigenvalue weighted by Crippen LogP contribution is -2.27. The van der Waals surface area contributed by atoms with Gasteiger partial charge in [0, 0.05) is 25.5 Å². The minimum absolute atomic E-state index is 0.0275. The number of aryl methyl sites for hydroxylation is 1. The van der Waals surface area contributed by atoms with Crippen LogP contribution in [0.25, 0.3) is 10.2 Å². The fourth-order valence-electron chi connectivity index (χ4n) is 3.30. The molecule has 0 saturated heterocycles. The molecule has 0 bridgehead atoms. The van der Waals surface area contributed by atoms with Gasteiger partial charge in [0.25, 0.3) is 5.56 Å². The fourth-order valence-corrected chi connectivity index (χ4v) is 5.71. The Kier molecular flexibility index (Phi) is 5.77. The van der Waals surface area contributed by atoms with E-state index >= 15 is 0 Å². The number of aromatic nitrogens is 2. The third-order valence-corrected chi connectivity index (χ3v) is 6.86. The van der Waals surface area contributed by atoms with Crippen LogP contribution < -0.4 is 5.56 Å². The summed E-state index contributed by atoms with van der Waals surface area (Å²) in [4.78, 5) is 33.8. The van der Waals surface area contributed by atoms with Crippen molar-refractivity contribution >= 4 is 39.2 Å². The lowest BCUT2D eigenvalue weighted by Gasteiger charge is -2.18. The zero-order valence-electron chi connectivity index (χ0n) is 16.2. The zero-order chi connectivity index (χ0) is 19.0. The van der Waals surface area contributed by atoms with Gasteiger partial charge < -0.3 is 4.90 Å². The predicted molar refractivity (Wildman–Crippen MR) is 109 cm³/mol. The van der Waals surface area contributed by atoms with Crippen LogP contribution in [-0.2, 0) is 24.2 Å². The number of carbonyl (C=O) groups excluding carboxylic acids is 1. The Morgan fingerprint density at radius 3 is 2.81 bits per heavy atom. The molecule has 1 aliphatic carbocycles. The smallest absolute Gasteiger partial charge is 0.263 e. The monoisotopic (exact) mass is 393 g/mol. The van der Waals surface area contributed by atoms with E-state index in [4.69, 9.17) is 4.98 Å². The molecule has 0 saturated carbocycles. The summed E-state index contributed by atoms with van der Waals surface area (Å²) in [7, 11) is 3.49. The maximum atomic E-state index is 13.3. The first-order valence-electron chi connectivity index (χ1n) is 9.16. The second-order valence-corrected chi connectivity index (χ2v) is 9.84. The fraction of sp³-hybridized carbons (Fsp3) is 0.632. The third-order valence-electron chi connectivity index (χ3n) is 4.75. The van der Waals surface area contributed by atoms with Crippen LogP contribution in [0.4, 0.5) is 0 Å². The summed E-state index contributed by atoms with van der Waals surface area (Å²) in [5.74, 6) is 1.33. The lowest BCUT2D eigenvalue weighted by molar-refractivity contribution is -0.125. The first-order chi connectivity index (χ1) is 12.3. The average molecular weight is 394 g/mol. The van der Waals surface area contributed by atoms with E-state index in [1.807, 2.05) is 0 Å². The number of thioether (sulfide) groups is 1. The first kappa shape index (κ1) is 19.4. The second-order valence-electron chi connectivity index (χ2n) is 7.81. The van der Waals surface area contributed by atoms with Crippen molar-refractivity contribution < 1.29 is 4.79 Å². The van der Waals surface area contributed by atoms with Crippen molar-refractivity contribution in [1.29, 1.82) is 0 Å². The van der Waals surface area contributed by atoms with Crippen molar-refractivity contribution in [1.82, 2.24) is 14.5 Å². The molecule has 7 heteroatoms. The summed E-state index contributed by atoms with van der Waals surface area (Å²) in [6, 6.07) is 0. The molecule has 142 valence electrons. The van der Waals surface area contributed by atoms with Crippen molar-refractivity contribution in [2.75, 3.05) is 19.8 Å².